The van der Waals surface area contributed by atoms with Crippen LogP contribution >= 0.6 is 0 Å². The van der Waals surface area contributed by atoms with Gasteiger partial charge in [-0.15, -0.1) is 0 Å². The van der Waals surface area contributed by atoms with E-state index in [2.05, 4.69) is 16.9 Å². The first-order valence-electron chi connectivity index (χ1n) is 5.76. The summed E-state index contributed by atoms with van der Waals surface area (Å²) in [6, 6.07) is 3.45. The van der Waals surface area contributed by atoms with Gasteiger partial charge in [-0.1, -0.05) is 12.7 Å². The molecule has 102 valence electrons. The zero-order valence-corrected chi connectivity index (χ0v) is 10.4. The SMILES string of the molecule is C=CCOC(=O)NCC(CC(=O)O)c1ccncc1. The minimum Gasteiger partial charge on any atom is -0.481 e. The van der Waals surface area contributed by atoms with Crippen molar-refractivity contribution in [2.24, 2.45) is 0 Å². The van der Waals surface area contributed by atoms with Crippen LogP contribution in [0.3, 0.4) is 0 Å². The number of alkyl carbamates (subject to hydrolysis) is 1. The van der Waals surface area contributed by atoms with Gasteiger partial charge in [-0.2, -0.15) is 0 Å². The van der Waals surface area contributed by atoms with E-state index in [4.69, 9.17) is 9.84 Å². The average molecular weight is 264 g/mol. The number of rotatable bonds is 7. The van der Waals surface area contributed by atoms with Crippen molar-refractivity contribution in [1.29, 1.82) is 0 Å². The predicted molar refractivity (Wildman–Crippen MR) is 68.8 cm³/mol. The van der Waals surface area contributed by atoms with Crippen LogP contribution in [0.1, 0.15) is 17.9 Å². The van der Waals surface area contributed by atoms with Crippen molar-refractivity contribution >= 4 is 12.1 Å². The number of nitrogens with zero attached hydrogens (tertiary/aromatic N) is 1. The number of amides is 1. The molecule has 0 aromatic carbocycles. The number of carbonyl (C=O) groups excluding carboxylic acids is 1. The van der Waals surface area contributed by atoms with Gasteiger partial charge in [0.25, 0.3) is 0 Å². The van der Waals surface area contributed by atoms with E-state index in [0.29, 0.717) is 0 Å². The molecule has 1 amide bonds. The van der Waals surface area contributed by atoms with Gasteiger partial charge in [-0.3, -0.25) is 9.78 Å². The number of carboxylic acids is 1. The molecule has 0 saturated heterocycles. The Labute approximate surface area is 111 Å². The average Bonchev–Trinajstić information content (AvgIpc) is 2.41. The van der Waals surface area contributed by atoms with Crippen LogP contribution < -0.4 is 5.32 Å². The number of hydrogen-bond acceptors (Lipinski definition) is 4. The molecule has 0 aliphatic heterocycles. The summed E-state index contributed by atoms with van der Waals surface area (Å²) in [5.74, 6) is -1.25. The lowest BCUT2D eigenvalue weighted by Gasteiger charge is -2.15. The van der Waals surface area contributed by atoms with E-state index in [-0.39, 0.29) is 25.5 Å². The van der Waals surface area contributed by atoms with Crippen LogP contribution in [-0.2, 0) is 9.53 Å². The second-order valence-corrected chi connectivity index (χ2v) is 3.84. The molecule has 19 heavy (non-hydrogen) atoms. The predicted octanol–water partition coefficient (Wildman–Crippen LogP) is 1.55. The van der Waals surface area contributed by atoms with Crippen LogP contribution in [0, 0.1) is 0 Å². The molecule has 0 spiro atoms. The Balaban J connectivity index is 2.58. The molecule has 0 aliphatic rings. The van der Waals surface area contributed by atoms with E-state index in [0.717, 1.165) is 5.56 Å². The second-order valence-electron chi connectivity index (χ2n) is 3.84. The molecule has 0 saturated carbocycles. The van der Waals surface area contributed by atoms with Crippen molar-refractivity contribution in [1.82, 2.24) is 10.3 Å². The van der Waals surface area contributed by atoms with Crippen LogP contribution in [0.2, 0.25) is 0 Å². The molecule has 1 unspecified atom stereocenters. The summed E-state index contributed by atoms with van der Waals surface area (Å²) in [6.45, 7) is 3.73. The number of aromatic nitrogens is 1. The fraction of sp³-hybridized carbons (Fsp3) is 0.308. The van der Waals surface area contributed by atoms with Gasteiger partial charge in [0, 0.05) is 24.9 Å². The Morgan fingerprint density at radius 2 is 2.16 bits per heavy atom. The van der Waals surface area contributed by atoms with Crippen molar-refractivity contribution in [3.63, 3.8) is 0 Å². The molecule has 1 atom stereocenters. The second kappa shape index (κ2) is 7.86. The third-order valence-electron chi connectivity index (χ3n) is 2.42. The van der Waals surface area contributed by atoms with E-state index in [1.54, 1.807) is 24.5 Å². The minimum absolute atomic E-state index is 0.0776. The summed E-state index contributed by atoms with van der Waals surface area (Å²) in [5.41, 5.74) is 0.807. The smallest absolute Gasteiger partial charge is 0.407 e. The Morgan fingerprint density at radius 3 is 2.74 bits per heavy atom. The molecular formula is C13H16N2O4. The number of nitrogens with one attached hydrogen (secondary N) is 1. The number of pyridine rings is 1. The first-order valence-corrected chi connectivity index (χ1v) is 5.76. The van der Waals surface area contributed by atoms with Crippen molar-refractivity contribution in [3.05, 3.63) is 42.7 Å². The third-order valence-corrected chi connectivity index (χ3v) is 2.42. The molecule has 1 aromatic heterocycles. The molecule has 0 radical (unpaired) electrons. The maximum absolute atomic E-state index is 11.3. The molecule has 6 nitrogen and oxygen atoms in total. The van der Waals surface area contributed by atoms with Gasteiger partial charge < -0.3 is 15.2 Å². The standard InChI is InChI=1S/C13H16N2O4/c1-2-7-19-13(18)15-9-11(8-12(16)17)10-3-5-14-6-4-10/h2-6,11H,1,7-9H2,(H,15,18)(H,16,17). The van der Waals surface area contributed by atoms with Gasteiger partial charge in [0.2, 0.25) is 0 Å². The lowest BCUT2D eigenvalue weighted by atomic mass is 9.97. The largest absolute Gasteiger partial charge is 0.481 e. The highest BCUT2D eigenvalue weighted by Gasteiger charge is 2.16. The monoisotopic (exact) mass is 264 g/mol. The van der Waals surface area contributed by atoms with Gasteiger partial charge in [-0.25, -0.2) is 4.79 Å². The zero-order chi connectivity index (χ0) is 14.1. The van der Waals surface area contributed by atoms with Crippen molar-refractivity contribution in [3.8, 4) is 0 Å². The van der Waals surface area contributed by atoms with Crippen LogP contribution in [0.15, 0.2) is 37.2 Å². The lowest BCUT2D eigenvalue weighted by molar-refractivity contribution is -0.137. The topological polar surface area (TPSA) is 88.5 Å². The molecule has 0 bridgehead atoms. The third kappa shape index (κ3) is 5.67. The first-order chi connectivity index (χ1) is 9.13. The maximum atomic E-state index is 11.3. The van der Waals surface area contributed by atoms with E-state index in [1.807, 2.05) is 0 Å². The Kier molecular flexibility index (Phi) is 6.08. The molecule has 1 heterocycles. The summed E-state index contributed by atoms with van der Waals surface area (Å²) in [4.78, 5) is 26.0. The fourth-order valence-electron chi connectivity index (χ4n) is 1.55. The zero-order valence-electron chi connectivity index (χ0n) is 10.4. The summed E-state index contributed by atoms with van der Waals surface area (Å²) in [7, 11) is 0. The number of carboxylic acid groups (broad SMARTS) is 1. The fourth-order valence-corrected chi connectivity index (χ4v) is 1.55. The molecule has 0 aliphatic carbocycles. The van der Waals surface area contributed by atoms with E-state index < -0.39 is 12.1 Å². The highest BCUT2D eigenvalue weighted by molar-refractivity contribution is 5.69. The molecule has 2 N–H and O–H groups in total. The van der Waals surface area contributed by atoms with Crippen molar-refractivity contribution in [2.45, 2.75) is 12.3 Å². The molecule has 1 aromatic rings. The summed E-state index contributed by atoms with van der Waals surface area (Å²) in [5, 5.41) is 11.4. The van der Waals surface area contributed by atoms with E-state index in [1.165, 1.54) is 6.08 Å². The van der Waals surface area contributed by atoms with E-state index in [9.17, 15) is 9.59 Å². The maximum Gasteiger partial charge on any atom is 0.407 e. The van der Waals surface area contributed by atoms with Gasteiger partial charge in [0.1, 0.15) is 6.61 Å². The van der Waals surface area contributed by atoms with Crippen LogP contribution in [-0.4, -0.2) is 35.3 Å². The highest BCUT2D eigenvalue weighted by Crippen LogP contribution is 2.18. The Hall–Kier alpha value is -2.37. The van der Waals surface area contributed by atoms with Crippen molar-refractivity contribution < 1.29 is 19.4 Å². The lowest BCUT2D eigenvalue weighted by Crippen LogP contribution is -2.30. The van der Waals surface area contributed by atoms with E-state index >= 15 is 0 Å². The molecular weight excluding hydrogens is 248 g/mol. The molecule has 6 heteroatoms. The summed E-state index contributed by atoms with van der Waals surface area (Å²) in [6.07, 6.45) is 3.95. The Bertz CT molecular complexity index is 434. The normalized spacial score (nSPS) is 11.4. The number of carbonyl (C=O) groups is 2. The molecule has 0 fully saturated rings. The number of ether oxygens (including phenoxy) is 1. The van der Waals surface area contributed by atoms with Crippen LogP contribution in [0.25, 0.3) is 0 Å². The van der Waals surface area contributed by atoms with Gasteiger partial charge in [-0.05, 0) is 17.7 Å². The number of hydrogen-bond donors (Lipinski definition) is 2. The first kappa shape index (κ1) is 14.7. The Morgan fingerprint density at radius 1 is 1.47 bits per heavy atom. The van der Waals surface area contributed by atoms with Gasteiger partial charge >= 0.3 is 12.1 Å². The van der Waals surface area contributed by atoms with Crippen LogP contribution in [0.4, 0.5) is 4.79 Å². The summed E-state index contributed by atoms with van der Waals surface area (Å²) >= 11 is 0. The van der Waals surface area contributed by atoms with Gasteiger partial charge in [0.15, 0.2) is 0 Å². The van der Waals surface area contributed by atoms with Gasteiger partial charge in [0.05, 0.1) is 6.42 Å². The minimum atomic E-state index is -0.928. The quantitative estimate of drug-likeness (QED) is 0.729. The van der Waals surface area contributed by atoms with Crippen LogP contribution in [0.5, 0.6) is 0 Å². The summed E-state index contributed by atoms with van der Waals surface area (Å²) < 4.78 is 4.75. The molecule has 1 rings (SSSR count). The highest BCUT2D eigenvalue weighted by atomic mass is 16.5. The number of aliphatic carboxylic acids is 1. The van der Waals surface area contributed by atoms with Crippen molar-refractivity contribution in [2.75, 3.05) is 13.2 Å².